The second-order valence-corrected chi connectivity index (χ2v) is 9.04. The lowest BCUT2D eigenvalue weighted by atomic mass is 10.3. The van der Waals surface area contributed by atoms with Gasteiger partial charge in [-0.25, -0.2) is 21.6 Å². The summed E-state index contributed by atoms with van der Waals surface area (Å²) < 4.78 is 53.6. The SMILES string of the molecule is Cc1n[nH]c(C)c1NS(=O)(=O)c1ccc(S(=O)(=O)NC[C@@H](C)O)cc1. The van der Waals surface area contributed by atoms with Gasteiger partial charge in [-0.05, 0) is 45.0 Å². The molecule has 2 aromatic rings. The van der Waals surface area contributed by atoms with Crippen molar-refractivity contribution in [3.8, 4) is 0 Å². The van der Waals surface area contributed by atoms with E-state index >= 15 is 0 Å². The van der Waals surface area contributed by atoms with E-state index in [1.54, 1.807) is 13.8 Å². The molecule has 11 heteroatoms. The van der Waals surface area contributed by atoms with Crippen molar-refractivity contribution in [1.82, 2.24) is 14.9 Å². The number of nitrogens with zero attached hydrogens (tertiary/aromatic N) is 1. The van der Waals surface area contributed by atoms with Crippen LogP contribution in [0.1, 0.15) is 18.3 Å². The third-order valence-electron chi connectivity index (χ3n) is 3.38. The number of aliphatic hydroxyl groups excluding tert-OH is 1. The number of benzene rings is 1. The summed E-state index contributed by atoms with van der Waals surface area (Å²) in [6, 6.07) is 4.77. The van der Waals surface area contributed by atoms with Crippen molar-refractivity contribution in [2.24, 2.45) is 0 Å². The van der Waals surface area contributed by atoms with Crippen LogP contribution in [-0.2, 0) is 20.0 Å². The fraction of sp³-hybridized carbons (Fsp3) is 0.357. The van der Waals surface area contributed by atoms with Gasteiger partial charge in [0, 0.05) is 6.54 Å². The molecule has 0 spiro atoms. The highest BCUT2D eigenvalue weighted by atomic mass is 32.2. The maximum atomic E-state index is 12.4. The molecule has 0 aliphatic carbocycles. The Morgan fingerprint density at radius 2 is 1.60 bits per heavy atom. The summed E-state index contributed by atoms with van der Waals surface area (Å²) in [5.74, 6) is 0. The number of rotatable bonds is 7. The van der Waals surface area contributed by atoms with Crippen LogP contribution in [0.3, 0.4) is 0 Å². The Kier molecular flexibility index (Phi) is 5.52. The van der Waals surface area contributed by atoms with Crippen LogP contribution in [0.25, 0.3) is 0 Å². The van der Waals surface area contributed by atoms with Crippen LogP contribution >= 0.6 is 0 Å². The number of aliphatic hydroxyl groups is 1. The number of aromatic amines is 1. The summed E-state index contributed by atoms with van der Waals surface area (Å²) in [7, 11) is -7.70. The molecule has 0 bridgehead atoms. The highest BCUT2D eigenvalue weighted by Gasteiger charge is 2.20. The van der Waals surface area contributed by atoms with Crippen molar-refractivity contribution in [2.45, 2.75) is 36.7 Å². The summed E-state index contributed by atoms with van der Waals surface area (Å²) in [4.78, 5) is -0.176. The topological polar surface area (TPSA) is 141 Å². The number of H-pyrrole nitrogens is 1. The molecule has 2 rings (SSSR count). The summed E-state index contributed by atoms with van der Waals surface area (Å²) in [5, 5.41) is 15.8. The minimum atomic E-state index is -3.88. The van der Waals surface area contributed by atoms with E-state index < -0.39 is 26.2 Å². The maximum Gasteiger partial charge on any atom is 0.262 e. The Hall–Kier alpha value is -1.95. The molecule has 0 fully saturated rings. The molecule has 1 aromatic carbocycles. The molecular formula is C14H20N4O5S2. The van der Waals surface area contributed by atoms with E-state index in [2.05, 4.69) is 19.6 Å². The predicted octanol–water partition coefficient (Wildman–Crippen LogP) is 0.486. The van der Waals surface area contributed by atoms with Crippen LogP contribution in [0, 0.1) is 13.8 Å². The van der Waals surface area contributed by atoms with Crippen LogP contribution in [0.5, 0.6) is 0 Å². The van der Waals surface area contributed by atoms with Crippen molar-refractivity contribution in [2.75, 3.05) is 11.3 Å². The molecule has 0 aliphatic heterocycles. The molecule has 1 aromatic heterocycles. The molecule has 0 amide bonds. The van der Waals surface area contributed by atoms with Gasteiger partial charge in [0.2, 0.25) is 10.0 Å². The van der Waals surface area contributed by atoms with E-state index in [9.17, 15) is 16.8 Å². The first-order valence-electron chi connectivity index (χ1n) is 7.35. The van der Waals surface area contributed by atoms with E-state index in [1.165, 1.54) is 31.2 Å². The Bertz CT molecular complexity index is 928. The van der Waals surface area contributed by atoms with E-state index in [4.69, 9.17) is 5.11 Å². The largest absolute Gasteiger partial charge is 0.392 e. The molecule has 0 saturated carbocycles. The van der Waals surface area contributed by atoms with Gasteiger partial charge in [0.05, 0.1) is 33.0 Å². The second kappa shape index (κ2) is 7.12. The van der Waals surface area contributed by atoms with Gasteiger partial charge in [0.25, 0.3) is 10.0 Å². The van der Waals surface area contributed by atoms with E-state index in [0.29, 0.717) is 17.1 Å². The van der Waals surface area contributed by atoms with Gasteiger partial charge in [0.1, 0.15) is 0 Å². The molecule has 138 valence electrons. The first kappa shape index (κ1) is 19.4. The Morgan fingerprint density at radius 3 is 2.04 bits per heavy atom. The minimum absolute atomic E-state index is 0.0815. The molecule has 9 nitrogen and oxygen atoms in total. The third-order valence-corrected chi connectivity index (χ3v) is 6.18. The number of anilines is 1. The van der Waals surface area contributed by atoms with Crippen LogP contribution in [0.15, 0.2) is 34.1 Å². The van der Waals surface area contributed by atoms with Gasteiger partial charge in [-0.2, -0.15) is 5.10 Å². The van der Waals surface area contributed by atoms with E-state index in [-0.39, 0.29) is 16.3 Å². The Morgan fingerprint density at radius 1 is 1.08 bits per heavy atom. The standard InChI is InChI=1S/C14H20N4O5S2/c1-9(19)8-15-24(20,21)12-4-6-13(7-5-12)25(22,23)18-14-10(2)16-17-11(14)3/h4-7,9,15,18-19H,8H2,1-3H3,(H,16,17)/t9-/m1/s1. The summed E-state index contributed by atoms with van der Waals surface area (Å²) in [6.07, 6.45) is -0.833. The number of sulfonamides is 2. The monoisotopic (exact) mass is 388 g/mol. The molecule has 4 N–H and O–H groups in total. The Labute approximate surface area is 146 Å². The van der Waals surface area contributed by atoms with Crippen molar-refractivity contribution < 1.29 is 21.9 Å². The zero-order valence-corrected chi connectivity index (χ0v) is 15.6. The molecular weight excluding hydrogens is 368 g/mol. The van der Waals surface area contributed by atoms with Gasteiger partial charge in [0.15, 0.2) is 0 Å². The predicted molar refractivity (Wildman–Crippen MR) is 92.2 cm³/mol. The van der Waals surface area contributed by atoms with Gasteiger partial charge in [-0.15, -0.1) is 0 Å². The first-order valence-corrected chi connectivity index (χ1v) is 10.3. The molecule has 0 unspecified atom stereocenters. The number of hydrogen-bond donors (Lipinski definition) is 4. The smallest absolute Gasteiger partial charge is 0.262 e. The van der Waals surface area contributed by atoms with Crippen LogP contribution in [0.4, 0.5) is 5.69 Å². The molecule has 0 radical (unpaired) electrons. The maximum absolute atomic E-state index is 12.4. The van der Waals surface area contributed by atoms with Crippen molar-refractivity contribution in [3.63, 3.8) is 0 Å². The van der Waals surface area contributed by atoms with Crippen LogP contribution < -0.4 is 9.44 Å². The summed E-state index contributed by atoms with van der Waals surface area (Å²) >= 11 is 0. The van der Waals surface area contributed by atoms with Gasteiger partial charge in [-0.3, -0.25) is 9.82 Å². The van der Waals surface area contributed by atoms with Crippen molar-refractivity contribution in [3.05, 3.63) is 35.7 Å². The minimum Gasteiger partial charge on any atom is -0.392 e. The molecule has 0 aliphatic rings. The first-order chi connectivity index (χ1) is 11.5. The number of hydrogen-bond acceptors (Lipinski definition) is 6. The normalized spacial score (nSPS) is 13.6. The highest BCUT2D eigenvalue weighted by molar-refractivity contribution is 7.92. The summed E-state index contributed by atoms with van der Waals surface area (Å²) in [5.41, 5.74) is 1.43. The molecule has 1 atom stereocenters. The highest BCUT2D eigenvalue weighted by Crippen LogP contribution is 2.22. The van der Waals surface area contributed by atoms with Crippen molar-refractivity contribution >= 4 is 25.7 Å². The zero-order chi connectivity index (χ0) is 18.8. The number of aromatic nitrogens is 2. The lowest BCUT2D eigenvalue weighted by Gasteiger charge is -2.10. The quantitative estimate of drug-likeness (QED) is 0.544. The average Bonchev–Trinajstić information content (AvgIpc) is 2.85. The van der Waals surface area contributed by atoms with E-state index in [1.807, 2.05) is 0 Å². The van der Waals surface area contributed by atoms with Gasteiger partial charge in [-0.1, -0.05) is 0 Å². The third kappa shape index (κ3) is 4.57. The fourth-order valence-electron chi connectivity index (χ4n) is 2.01. The molecule has 25 heavy (non-hydrogen) atoms. The van der Waals surface area contributed by atoms with Crippen LogP contribution in [0.2, 0.25) is 0 Å². The average molecular weight is 388 g/mol. The number of aryl methyl sites for hydroxylation is 2. The molecule has 1 heterocycles. The van der Waals surface area contributed by atoms with Crippen molar-refractivity contribution in [1.29, 1.82) is 0 Å². The molecule has 0 saturated heterocycles. The van der Waals surface area contributed by atoms with Crippen LogP contribution in [-0.4, -0.2) is 44.8 Å². The lowest BCUT2D eigenvalue weighted by Crippen LogP contribution is -2.30. The van der Waals surface area contributed by atoms with Gasteiger partial charge >= 0.3 is 0 Å². The zero-order valence-electron chi connectivity index (χ0n) is 13.9. The second-order valence-electron chi connectivity index (χ2n) is 5.59. The fourth-order valence-corrected chi connectivity index (χ4v) is 4.31. The Balaban J connectivity index is 2.24. The van der Waals surface area contributed by atoms with E-state index in [0.717, 1.165) is 0 Å². The number of nitrogens with one attached hydrogen (secondary N) is 3. The summed E-state index contributed by atoms with van der Waals surface area (Å²) in [6.45, 7) is 4.65. The van der Waals surface area contributed by atoms with Gasteiger partial charge < -0.3 is 5.11 Å². The lowest BCUT2D eigenvalue weighted by molar-refractivity contribution is 0.198.